The first-order valence-corrected chi connectivity index (χ1v) is 6.87. The average molecular weight is 285 g/mol. The Bertz CT molecular complexity index is 713. The Kier molecular flexibility index (Phi) is 3.79. The van der Waals surface area contributed by atoms with Crippen LogP contribution in [-0.4, -0.2) is 9.97 Å². The Hall–Kier alpha value is -2.13. The Morgan fingerprint density at radius 2 is 1.80 bits per heavy atom. The summed E-state index contributed by atoms with van der Waals surface area (Å²) in [5.41, 5.74) is 2.71. The topological polar surface area (TPSA) is 35.0 Å². The molecule has 4 heteroatoms. The third-order valence-electron chi connectivity index (χ3n) is 2.98. The quantitative estimate of drug-likeness (QED) is 0.681. The number of para-hydroxylation sites is 1. The van der Waals surface area contributed by atoms with Gasteiger partial charge in [-0.1, -0.05) is 24.3 Å². The van der Waals surface area contributed by atoms with Crippen molar-refractivity contribution in [1.82, 2.24) is 9.97 Å². The number of aromatic nitrogens is 2. The number of halogens is 1. The Morgan fingerprint density at radius 1 is 0.950 bits per heavy atom. The number of ether oxygens (including phenoxy) is 1. The molecule has 20 heavy (non-hydrogen) atoms. The molecule has 3 nitrogen and oxygen atoms in total. The molecule has 0 aliphatic carbocycles. The summed E-state index contributed by atoms with van der Waals surface area (Å²) in [6, 6.07) is 15.8. The molecule has 3 rings (SSSR count). The van der Waals surface area contributed by atoms with E-state index in [0.717, 1.165) is 22.3 Å². The van der Waals surface area contributed by atoms with Gasteiger partial charge < -0.3 is 4.74 Å². The molecule has 0 atom stereocenters. The summed E-state index contributed by atoms with van der Waals surface area (Å²) in [6.45, 7) is 0.423. The van der Waals surface area contributed by atoms with E-state index >= 15 is 0 Å². The minimum absolute atomic E-state index is 0.409. The molecule has 0 bridgehead atoms. The summed E-state index contributed by atoms with van der Waals surface area (Å²) in [7, 11) is 0. The van der Waals surface area contributed by atoms with E-state index in [-0.39, 0.29) is 0 Å². The molecule has 0 saturated heterocycles. The van der Waals surface area contributed by atoms with Crippen LogP contribution in [0.25, 0.3) is 10.9 Å². The first-order chi connectivity index (χ1) is 9.85. The number of hydrogen-bond donors (Lipinski definition) is 0. The molecule has 2 heterocycles. The number of benzene rings is 1. The lowest BCUT2D eigenvalue weighted by Gasteiger charge is -2.06. The second-order valence-electron chi connectivity index (χ2n) is 4.40. The average Bonchev–Trinajstić information content (AvgIpc) is 2.53. The maximum Gasteiger partial charge on any atom is 0.138 e. The fourth-order valence-electron chi connectivity index (χ4n) is 1.92. The molecule has 3 aromatic rings. The molecule has 0 radical (unpaired) electrons. The van der Waals surface area contributed by atoms with Crippen molar-refractivity contribution < 1.29 is 4.74 Å². The van der Waals surface area contributed by atoms with E-state index in [2.05, 4.69) is 16.0 Å². The molecular formula is C16H13ClN2O. The third-order valence-corrected chi connectivity index (χ3v) is 3.25. The lowest BCUT2D eigenvalue weighted by molar-refractivity contribution is 0.300. The van der Waals surface area contributed by atoms with Crippen molar-refractivity contribution in [2.24, 2.45) is 0 Å². The number of fused-ring (bicyclic) bond motifs is 1. The molecule has 2 aromatic heterocycles. The molecular weight excluding hydrogens is 272 g/mol. The maximum atomic E-state index is 5.69. The molecule has 0 fully saturated rings. The minimum atomic E-state index is 0.409. The lowest BCUT2D eigenvalue weighted by atomic mass is 10.2. The molecule has 100 valence electrons. The van der Waals surface area contributed by atoms with Gasteiger partial charge in [0.25, 0.3) is 0 Å². The van der Waals surface area contributed by atoms with Gasteiger partial charge in [-0.3, -0.25) is 4.98 Å². The van der Waals surface area contributed by atoms with Gasteiger partial charge in [-0.25, -0.2) is 4.98 Å². The second kappa shape index (κ2) is 5.88. The van der Waals surface area contributed by atoms with Crippen LogP contribution < -0.4 is 4.74 Å². The van der Waals surface area contributed by atoms with Gasteiger partial charge in [0.2, 0.25) is 0 Å². The Morgan fingerprint density at radius 3 is 2.60 bits per heavy atom. The predicted molar refractivity (Wildman–Crippen MR) is 79.9 cm³/mol. The van der Waals surface area contributed by atoms with E-state index in [9.17, 15) is 0 Å². The summed E-state index contributed by atoms with van der Waals surface area (Å²) in [6.07, 6.45) is 1.68. The first-order valence-electron chi connectivity index (χ1n) is 6.33. The van der Waals surface area contributed by atoms with Gasteiger partial charge in [0.1, 0.15) is 12.4 Å². The smallest absolute Gasteiger partial charge is 0.138 e. The lowest BCUT2D eigenvalue weighted by Crippen LogP contribution is -1.99. The van der Waals surface area contributed by atoms with E-state index in [1.54, 1.807) is 6.20 Å². The van der Waals surface area contributed by atoms with Crippen molar-refractivity contribution >= 4 is 22.5 Å². The van der Waals surface area contributed by atoms with Crippen molar-refractivity contribution in [2.75, 3.05) is 0 Å². The number of nitrogens with zero attached hydrogens (tertiary/aromatic N) is 2. The molecule has 0 saturated carbocycles. The van der Waals surface area contributed by atoms with E-state index in [0.29, 0.717) is 18.2 Å². The van der Waals surface area contributed by atoms with Gasteiger partial charge in [-0.05, 0) is 24.3 Å². The van der Waals surface area contributed by atoms with Crippen molar-refractivity contribution in [3.8, 4) is 5.75 Å². The number of rotatable bonds is 4. The van der Waals surface area contributed by atoms with Crippen molar-refractivity contribution in [1.29, 1.82) is 0 Å². The van der Waals surface area contributed by atoms with Gasteiger partial charge in [-0.15, -0.1) is 11.6 Å². The van der Waals surface area contributed by atoms with E-state index in [1.807, 2.05) is 42.5 Å². The normalized spacial score (nSPS) is 10.7. The highest BCUT2D eigenvalue weighted by atomic mass is 35.5. The van der Waals surface area contributed by atoms with E-state index in [1.165, 1.54) is 0 Å². The van der Waals surface area contributed by atoms with Crippen LogP contribution in [0.3, 0.4) is 0 Å². The standard InChI is InChI=1S/C16H13ClN2O/c17-9-13-7-8-15(10-18-13)20-11-14-6-5-12-3-1-2-4-16(12)19-14/h1-8,10H,9,11H2. The minimum Gasteiger partial charge on any atom is -0.486 e. The summed E-state index contributed by atoms with van der Waals surface area (Å²) in [4.78, 5) is 8.74. The largest absolute Gasteiger partial charge is 0.486 e. The zero-order valence-corrected chi connectivity index (χ0v) is 11.5. The monoisotopic (exact) mass is 284 g/mol. The fourth-order valence-corrected chi connectivity index (χ4v) is 2.08. The van der Waals surface area contributed by atoms with Crippen LogP contribution in [0.15, 0.2) is 54.7 Å². The highest BCUT2D eigenvalue weighted by molar-refractivity contribution is 6.16. The molecule has 0 amide bonds. The molecule has 0 spiro atoms. The maximum absolute atomic E-state index is 5.69. The third kappa shape index (κ3) is 2.89. The summed E-state index contributed by atoms with van der Waals surface area (Å²) >= 11 is 5.69. The van der Waals surface area contributed by atoms with Crippen LogP contribution >= 0.6 is 11.6 Å². The first kappa shape index (κ1) is 12.9. The van der Waals surface area contributed by atoms with Crippen LogP contribution in [0.2, 0.25) is 0 Å². The summed E-state index contributed by atoms with van der Waals surface area (Å²) < 4.78 is 5.67. The number of pyridine rings is 2. The number of hydrogen-bond acceptors (Lipinski definition) is 3. The molecule has 0 aliphatic heterocycles. The van der Waals surface area contributed by atoms with Crippen LogP contribution in [-0.2, 0) is 12.5 Å². The van der Waals surface area contributed by atoms with Crippen LogP contribution in [0, 0.1) is 0 Å². The van der Waals surface area contributed by atoms with Gasteiger partial charge >= 0.3 is 0 Å². The van der Waals surface area contributed by atoms with Gasteiger partial charge in [0, 0.05) is 5.39 Å². The van der Waals surface area contributed by atoms with Gasteiger partial charge in [0.15, 0.2) is 0 Å². The molecule has 0 N–H and O–H groups in total. The zero-order valence-electron chi connectivity index (χ0n) is 10.8. The highest BCUT2D eigenvalue weighted by Crippen LogP contribution is 2.15. The fraction of sp³-hybridized carbons (Fsp3) is 0.125. The Labute approximate surface area is 122 Å². The van der Waals surface area contributed by atoms with Crippen molar-refractivity contribution in [2.45, 2.75) is 12.5 Å². The van der Waals surface area contributed by atoms with E-state index in [4.69, 9.17) is 16.3 Å². The van der Waals surface area contributed by atoms with Gasteiger partial charge in [0.05, 0.1) is 29.0 Å². The van der Waals surface area contributed by atoms with Crippen molar-refractivity contribution in [3.63, 3.8) is 0 Å². The second-order valence-corrected chi connectivity index (χ2v) is 4.67. The molecule has 0 aliphatic rings. The van der Waals surface area contributed by atoms with Crippen LogP contribution in [0.4, 0.5) is 0 Å². The SMILES string of the molecule is ClCc1ccc(OCc2ccc3ccccc3n2)cn1. The summed E-state index contributed by atoms with van der Waals surface area (Å²) in [5.74, 6) is 1.13. The van der Waals surface area contributed by atoms with Crippen LogP contribution in [0.5, 0.6) is 5.75 Å². The predicted octanol–water partition coefficient (Wildman–Crippen LogP) is 3.95. The summed E-state index contributed by atoms with van der Waals surface area (Å²) in [5, 5.41) is 1.13. The van der Waals surface area contributed by atoms with E-state index < -0.39 is 0 Å². The van der Waals surface area contributed by atoms with Crippen LogP contribution in [0.1, 0.15) is 11.4 Å². The Balaban J connectivity index is 1.72. The number of alkyl halides is 1. The zero-order chi connectivity index (χ0) is 13.8. The van der Waals surface area contributed by atoms with Gasteiger partial charge in [-0.2, -0.15) is 0 Å². The van der Waals surface area contributed by atoms with Crippen molar-refractivity contribution in [3.05, 3.63) is 66.1 Å². The highest BCUT2D eigenvalue weighted by Gasteiger charge is 2.00. The molecule has 0 unspecified atom stereocenters. The molecule has 1 aromatic carbocycles.